The zero-order valence-electron chi connectivity index (χ0n) is 31.1. The number of aromatic nitrogens is 4. The number of para-hydroxylation sites is 2. The third kappa shape index (κ3) is 6.56. The summed E-state index contributed by atoms with van der Waals surface area (Å²) in [4.78, 5) is 9.44. The van der Waals surface area contributed by atoms with Crippen LogP contribution in [-0.2, 0) is 19.5 Å². The lowest BCUT2D eigenvalue weighted by atomic mass is 9.95. The smallest absolute Gasteiger partial charge is 0.0892 e. The van der Waals surface area contributed by atoms with Crippen LogP contribution in [0.25, 0.3) is 68.4 Å². The predicted octanol–water partition coefficient (Wildman–Crippen LogP) is 12.5. The number of nitrogens with zero attached hydrogens (tertiary/aromatic N) is 4. The fourth-order valence-electron chi connectivity index (χ4n) is 8.30. The van der Waals surface area contributed by atoms with E-state index in [0.717, 1.165) is 54.0 Å². The van der Waals surface area contributed by atoms with Crippen molar-refractivity contribution >= 4 is 57.0 Å². The van der Waals surface area contributed by atoms with Gasteiger partial charge in [-0.05, 0) is 101 Å². The van der Waals surface area contributed by atoms with E-state index in [1.807, 2.05) is 12.4 Å². The molecule has 0 N–H and O–H groups in total. The van der Waals surface area contributed by atoms with Crippen LogP contribution in [0.4, 0.5) is 0 Å². The van der Waals surface area contributed by atoms with Gasteiger partial charge in [0.05, 0.1) is 11.4 Å². The molecule has 4 heterocycles. The molecule has 0 atom stereocenters. The first kappa shape index (κ1) is 33.5. The molecule has 4 nitrogen and oxygen atoms in total. The lowest BCUT2D eigenvalue weighted by Gasteiger charge is -2.16. The molecule has 10 rings (SSSR count). The Kier molecular flexibility index (Phi) is 8.77. The van der Waals surface area contributed by atoms with Crippen molar-refractivity contribution in [1.29, 1.82) is 0 Å². The van der Waals surface area contributed by atoms with Crippen LogP contribution in [0, 0.1) is 0 Å². The first-order valence-corrected chi connectivity index (χ1v) is 19.4. The standard InChI is InChI=1S/C52H40N4/c1-3-11-41(12-4-1)35-55-49-17-9-7-15-43(49)45-31-37(23-25-51(45)55)19-21-39-27-29-53-47(33-39)48-34-40(28-30-54-48)22-20-38-24-26-52-46(32-38)44-16-8-10-18-50(44)56(52)36-42-13-5-2-6-14-42/h1-23,25,27-34H,24,26,35-36H2/b21-19+,22-20+. The maximum Gasteiger partial charge on any atom is 0.0892 e. The average molecular weight is 721 g/mol. The molecule has 0 amide bonds. The Hall–Kier alpha value is -7.04. The highest BCUT2D eigenvalue weighted by molar-refractivity contribution is 6.09. The van der Waals surface area contributed by atoms with E-state index in [4.69, 9.17) is 9.97 Å². The highest BCUT2D eigenvalue weighted by atomic mass is 15.0. The van der Waals surface area contributed by atoms with Crippen molar-refractivity contribution in [3.63, 3.8) is 0 Å². The summed E-state index contributed by atoms with van der Waals surface area (Å²) in [6, 6.07) is 54.1. The summed E-state index contributed by atoms with van der Waals surface area (Å²) < 4.78 is 4.93. The van der Waals surface area contributed by atoms with Crippen molar-refractivity contribution in [2.24, 2.45) is 0 Å². The Morgan fingerprint density at radius 2 is 0.982 bits per heavy atom. The molecular weight excluding hydrogens is 681 g/mol. The largest absolute Gasteiger partial charge is 0.340 e. The van der Waals surface area contributed by atoms with Gasteiger partial charge in [-0.15, -0.1) is 0 Å². The van der Waals surface area contributed by atoms with Crippen molar-refractivity contribution in [2.75, 3.05) is 0 Å². The molecule has 0 saturated carbocycles. The zero-order valence-corrected chi connectivity index (χ0v) is 31.1. The lowest BCUT2D eigenvalue weighted by molar-refractivity contribution is 0.749. The van der Waals surface area contributed by atoms with Crippen LogP contribution in [0.1, 0.15) is 45.5 Å². The minimum atomic E-state index is 0.839. The van der Waals surface area contributed by atoms with Crippen LogP contribution in [0.15, 0.2) is 176 Å². The molecule has 1 aliphatic rings. The molecule has 1 aliphatic carbocycles. The van der Waals surface area contributed by atoms with Gasteiger partial charge in [0.25, 0.3) is 0 Å². The second-order valence-corrected chi connectivity index (χ2v) is 14.6. The van der Waals surface area contributed by atoms with Crippen LogP contribution in [0.3, 0.4) is 0 Å². The Morgan fingerprint density at radius 1 is 0.446 bits per heavy atom. The van der Waals surface area contributed by atoms with E-state index in [1.165, 1.54) is 60.7 Å². The van der Waals surface area contributed by atoms with Crippen LogP contribution < -0.4 is 0 Å². The van der Waals surface area contributed by atoms with Gasteiger partial charge in [0.2, 0.25) is 0 Å². The van der Waals surface area contributed by atoms with E-state index in [2.05, 4.69) is 191 Å². The van der Waals surface area contributed by atoms with Gasteiger partial charge in [-0.3, -0.25) is 9.97 Å². The summed E-state index contributed by atoms with van der Waals surface area (Å²) in [6.07, 6.45) is 17.0. The van der Waals surface area contributed by atoms with Crippen molar-refractivity contribution in [2.45, 2.75) is 25.9 Å². The van der Waals surface area contributed by atoms with Crippen LogP contribution in [0.5, 0.6) is 0 Å². The first-order valence-electron chi connectivity index (χ1n) is 19.4. The van der Waals surface area contributed by atoms with Gasteiger partial charge in [-0.25, -0.2) is 0 Å². The Labute approximate surface area is 327 Å². The van der Waals surface area contributed by atoms with E-state index in [9.17, 15) is 0 Å². The third-order valence-corrected chi connectivity index (χ3v) is 11.1. The number of allylic oxidation sites excluding steroid dienone is 2. The minimum Gasteiger partial charge on any atom is -0.340 e. The number of hydrogen-bond acceptors (Lipinski definition) is 2. The average Bonchev–Trinajstić information content (AvgIpc) is 3.74. The quantitative estimate of drug-likeness (QED) is 0.149. The maximum absolute atomic E-state index is 4.72. The van der Waals surface area contributed by atoms with Crippen molar-refractivity contribution < 1.29 is 0 Å². The Morgan fingerprint density at radius 3 is 1.66 bits per heavy atom. The fourth-order valence-corrected chi connectivity index (χ4v) is 8.30. The van der Waals surface area contributed by atoms with Crippen LogP contribution >= 0.6 is 0 Å². The number of hydrogen-bond donors (Lipinski definition) is 0. The fraction of sp³-hybridized carbons (Fsp3) is 0.0769. The second kappa shape index (κ2) is 14.7. The molecule has 0 aliphatic heterocycles. The van der Waals surface area contributed by atoms with Gasteiger partial charge in [-0.2, -0.15) is 0 Å². The van der Waals surface area contributed by atoms with Gasteiger partial charge >= 0.3 is 0 Å². The van der Waals surface area contributed by atoms with Gasteiger partial charge in [0, 0.05) is 69.4 Å². The van der Waals surface area contributed by atoms with Gasteiger partial charge in [-0.1, -0.05) is 127 Å². The summed E-state index contributed by atoms with van der Waals surface area (Å²) in [7, 11) is 0. The van der Waals surface area contributed by atoms with Crippen molar-refractivity contribution in [1.82, 2.24) is 19.1 Å². The number of fused-ring (bicyclic) bond motifs is 6. The molecule has 56 heavy (non-hydrogen) atoms. The molecule has 4 aromatic heterocycles. The molecule has 0 fully saturated rings. The summed E-state index contributed by atoms with van der Waals surface area (Å²) >= 11 is 0. The molecule has 0 unspecified atom stereocenters. The summed E-state index contributed by atoms with van der Waals surface area (Å²) in [5, 5.41) is 3.86. The SMILES string of the molecule is C1=C(/C=C/c2ccnc(-c3cc(/C=C/c4ccc5c(c4)c4ccccc4n5Cc4ccccc4)ccn3)c2)CCc2c1c1ccccc1n2Cc1ccccc1. The summed E-state index contributed by atoms with van der Waals surface area (Å²) in [6.45, 7) is 1.73. The molecule has 0 saturated heterocycles. The van der Waals surface area contributed by atoms with E-state index in [0.29, 0.717) is 0 Å². The van der Waals surface area contributed by atoms with E-state index < -0.39 is 0 Å². The highest BCUT2D eigenvalue weighted by Gasteiger charge is 2.19. The molecule has 0 radical (unpaired) electrons. The minimum absolute atomic E-state index is 0.839. The summed E-state index contributed by atoms with van der Waals surface area (Å²) in [5.74, 6) is 0. The highest BCUT2D eigenvalue weighted by Crippen LogP contribution is 2.35. The second-order valence-electron chi connectivity index (χ2n) is 14.6. The number of rotatable bonds is 9. The van der Waals surface area contributed by atoms with Gasteiger partial charge in [0.1, 0.15) is 0 Å². The van der Waals surface area contributed by atoms with Crippen LogP contribution in [-0.4, -0.2) is 19.1 Å². The van der Waals surface area contributed by atoms with Gasteiger partial charge in [0.15, 0.2) is 0 Å². The molecule has 5 aromatic carbocycles. The van der Waals surface area contributed by atoms with E-state index in [1.54, 1.807) is 0 Å². The number of benzene rings is 5. The third-order valence-electron chi connectivity index (χ3n) is 11.1. The normalized spacial score (nSPS) is 13.0. The van der Waals surface area contributed by atoms with Crippen molar-refractivity contribution in [3.8, 4) is 11.4 Å². The predicted molar refractivity (Wildman–Crippen MR) is 234 cm³/mol. The first-order chi connectivity index (χ1) is 27.7. The monoisotopic (exact) mass is 720 g/mol. The van der Waals surface area contributed by atoms with Crippen molar-refractivity contribution in [3.05, 3.63) is 215 Å². The van der Waals surface area contributed by atoms with E-state index in [-0.39, 0.29) is 0 Å². The molecule has 0 spiro atoms. The Balaban J connectivity index is 0.888. The topological polar surface area (TPSA) is 35.6 Å². The lowest BCUT2D eigenvalue weighted by Crippen LogP contribution is -2.07. The molecule has 4 heteroatoms. The number of pyridine rings is 2. The zero-order chi connectivity index (χ0) is 37.3. The molecule has 9 aromatic rings. The van der Waals surface area contributed by atoms with E-state index >= 15 is 0 Å². The summed E-state index contributed by atoms with van der Waals surface area (Å²) in [5.41, 5.74) is 15.6. The Bertz CT molecular complexity index is 2960. The molecular formula is C52H40N4. The molecule has 268 valence electrons. The molecule has 0 bridgehead atoms. The maximum atomic E-state index is 4.72. The van der Waals surface area contributed by atoms with Crippen LogP contribution in [0.2, 0.25) is 0 Å². The van der Waals surface area contributed by atoms with Gasteiger partial charge < -0.3 is 9.13 Å².